The van der Waals surface area contributed by atoms with E-state index < -0.39 is 67.3 Å². The molecule has 1 fully saturated rings. The van der Waals surface area contributed by atoms with Crippen molar-refractivity contribution in [3.8, 4) is 17.6 Å². The minimum absolute atomic E-state index is 0.0732. The van der Waals surface area contributed by atoms with Crippen LogP contribution < -0.4 is 15.9 Å². The Labute approximate surface area is 227 Å². The molecule has 1 aliphatic heterocycles. The minimum Gasteiger partial charge on any atom is -0.463 e. The lowest BCUT2D eigenvalue weighted by Gasteiger charge is -2.25. The van der Waals surface area contributed by atoms with E-state index in [1.165, 1.54) is 26.0 Å². The minimum atomic E-state index is -4.52. The van der Waals surface area contributed by atoms with Crippen molar-refractivity contribution in [1.82, 2.24) is 14.8 Å². The zero-order valence-electron chi connectivity index (χ0n) is 23.1. The van der Waals surface area contributed by atoms with E-state index in [1.807, 2.05) is 0 Å². The van der Waals surface area contributed by atoms with Crippen molar-refractivity contribution in [3.63, 3.8) is 0 Å². The fourth-order valence-corrected chi connectivity index (χ4v) is 5.55. The van der Waals surface area contributed by atoms with Crippen molar-refractivity contribution in [2.24, 2.45) is 5.92 Å². The highest BCUT2D eigenvalue weighted by molar-refractivity contribution is 7.54. The van der Waals surface area contributed by atoms with Gasteiger partial charge in [-0.25, -0.2) is 9.36 Å². The average Bonchev–Trinajstić information content (AvgIpc) is 3.10. The molecule has 206 valence electrons. The first kappa shape index (κ1) is 26.7. The number of ether oxygens (including phenoxy) is 2. The SMILES string of the molecule is [2H]C([2H])(O[P@@](=O)(C[C@@H](C)C(=O)OC(C)C)Oc1ccccc1)[C@H]1O[C@@H](n2ncc(N)nc2=O)C(Cl)(C#CC)[C@H]1O. The van der Waals surface area contributed by atoms with Gasteiger partial charge in [0.15, 0.2) is 11.1 Å². The molecule has 0 bridgehead atoms. The smallest absolute Gasteiger partial charge is 0.380 e. The van der Waals surface area contributed by atoms with Crippen LogP contribution in [0.5, 0.6) is 5.75 Å². The lowest BCUT2D eigenvalue weighted by atomic mass is 9.99. The molecule has 12 nitrogen and oxygen atoms in total. The van der Waals surface area contributed by atoms with Crippen LogP contribution in [0.4, 0.5) is 5.82 Å². The normalized spacial score (nSPS) is 26.3. The van der Waals surface area contributed by atoms with Crippen LogP contribution >= 0.6 is 19.2 Å². The molecule has 0 radical (unpaired) electrons. The van der Waals surface area contributed by atoms with E-state index in [4.69, 9.17) is 38.6 Å². The number of benzene rings is 1. The molecule has 1 aromatic heterocycles. The number of aromatic nitrogens is 3. The number of rotatable bonds is 10. The van der Waals surface area contributed by atoms with Crippen LogP contribution in [0.25, 0.3) is 0 Å². The van der Waals surface area contributed by atoms with Crippen LogP contribution in [-0.4, -0.2) is 61.7 Å². The molecule has 6 atom stereocenters. The standard InChI is InChI=1S/C24H30ClN4O8P/c1-5-11-24(25)20(30)18(36-22(24)29-23(32)28-19(26)12-27-29)13-34-38(33,37-17-9-7-6-8-10-17)14-16(4)21(31)35-15(2)3/h6-10,12,15-16,18,20,22,30H,13-14H2,1-4H3,(H2,26,28,32)/t16-,18-,20+,22-,24?,38+/m1/s1/i13D2. The summed E-state index contributed by atoms with van der Waals surface area (Å²) >= 11 is 6.62. The second-order valence-corrected chi connectivity index (χ2v) is 11.3. The summed E-state index contributed by atoms with van der Waals surface area (Å²) in [5.74, 6) is 3.19. The van der Waals surface area contributed by atoms with E-state index in [0.717, 1.165) is 6.20 Å². The first-order chi connectivity index (χ1) is 18.6. The van der Waals surface area contributed by atoms with Crippen molar-refractivity contribution in [2.75, 3.05) is 18.5 Å². The summed E-state index contributed by atoms with van der Waals surface area (Å²) in [4.78, 5) is 26.4. The van der Waals surface area contributed by atoms with Crippen LogP contribution in [0.1, 0.15) is 36.7 Å². The summed E-state index contributed by atoms with van der Waals surface area (Å²) < 4.78 is 53.8. The van der Waals surface area contributed by atoms with Gasteiger partial charge in [0.1, 0.15) is 23.8 Å². The summed E-state index contributed by atoms with van der Waals surface area (Å²) in [5, 5.41) is 15.0. The van der Waals surface area contributed by atoms with Gasteiger partial charge in [0, 0.05) is 0 Å². The lowest BCUT2D eigenvalue weighted by molar-refractivity contribution is -0.151. The number of alkyl halides is 1. The molecule has 38 heavy (non-hydrogen) atoms. The monoisotopic (exact) mass is 570 g/mol. The van der Waals surface area contributed by atoms with Crippen molar-refractivity contribution in [3.05, 3.63) is 47.0 Å². The number of hydrogen-bond donors (Lipinski definition) is 2. The molecule has 1 saturated heterocycles. The van der Waals surface area contributed by atoms with Crippen LogP contribution in [0.2, 0.25) is 0 Å². The fraction of sp³-hybridized carbons (Fsp3) is 0.500. The summed E-state index contributed by atoms with van der Waals surface area (Å²) in [6.45, 7) is 3.05. The molecular weight excluding hydrogens is 539 g/mol. The number of para-hydroxylation sites is 1. The predicted molar refractivity (Wildman–Crippen MR) is 139 cm³/mol. The van der Waals surface area contributed by atoms with Gasteiger partial charge in [-0.15, -0.1) is 5.92 Å². The van der Waals surface area contributed by atoms with E-state index in [-0.39, 0.29) is 11.6 Å². The molecule has 1 aliphatic rings. The maximum atomic E-state index is 14.0. The van der Waals surface area contributed by atoms with Gasteiger partial charge in [-0.05, 0) is 32.9 Å². The molecule has 0 amide bonds. The third kappa shape index (κ3) is 6.92. The topological polar surface area (TPSA) is 165 Å². The summed E-state index contributed by atoms with van der Waals surface area (Å²) in [5.41, 5.74) is 4.50. The third-order valence-corrected chi connectivity index (χ3v) is 7.55. The second kappa shape index (κ2) is 12.3. The predicted octanol–water partition coefficient (Wildman–Crippen LogP) is 2.36. The lowest BCUT2D eigenvalue weighted by Crippen LogP contribution is -2.44. The van der Waals surface area contributed by atoms with Gasteiger partial charge in [-0.1, -0.05) is 42.6 Å². The number of nitrogens with two attached hydrogens (primary N) is 1. The van der Waals surface area contributed by atoms with Crippen molar-refractivity contribution in [2.45, 2.75) is 57.1 Å². The zero-order chi connectivity index (χ0) is 29.9. The molecule has 3 rings (SSSR count). The summed E-state index contributed by atoms with van der Waals surface area (Å²) in [7, 11) is -4.52. The highest BCUT2D eigenvalue weighted by Crippen LogP contribution is 2.51. The number of hydrogen-bond acceptors (Lipinski definition) is 11. The van der Waals surface area contributed by atoms with Crippen LogP contribution in [-0.2, 0) is 23.4 Å². The number of nitrogens with zero attached hydrogens (tertiary/aromatic N) is 3. The van der Waals surface area contributed by atoms with E-state index in [9.17, 15) is 19.3 Å². The Balaban J connectivity index is 1.99. The van der Waals surface area contributed by atoms with Crippen molar-refractivity contribution >= 4 is 31.0 Å². The summed E-state index contributed by atoms with van der Waals surface area (Å²) in [6.07, 6.45) is -5.56. The number of aliphatic hydroxyl groups excluding tert-OH is 1. The van der Waals surface area contributed by atoms with Gasteiger partial charge in [-0.3, -0.25) is 9.32 Å². The number of carbonyl (C=O) groups is 1. The third-order valence-electron chi connectivity index (χ3n) is 5.17. The quantitative estimate of drug-likeness (QED) is 0.186. The zero-order valence-corrected chi connectivity index (χ0v) is 22.8. The molecule has 0 saturated carbocycles. The first-order valence-corrected chi connectivity index (χ1v) is 13.6. The fourth-order valence-electron chi connectivity index (χ4n) is 3.48. The molecule has 3 N–H and O–H groups in total. The molecule has 1 unspecified atom stereocenters. The van der Waals surface area contributed by atoms with E-state index in [1.54, 1.807) is 32.0 Å². The molecule has 0 aliphatic carbocycles. The maximum absolute atomic E-state index is 14.0. The van der Waals surface area contributed by atoms with Crippen LogP contribution in [0, 0.1) is 17.8 Å². The number of halogens is 1. The van der Waals surface area contributed by atoms with Gasteiger partial charge >= 0.3 is 19.3 Å². The van der Waals surface area contributed by atoms with Gasteiger partial charge in [0.05, 0.1) is 33.7 Å². The molecule has 2 aromatic rings. The maximum Gasteiger partial charge on any atom is 0.380 e. The second-order valence-electron chi connectivity index (χ2n) is 8.70. The largest absolute Gasteiger partial charge is 0.463 e. The number of esters is 1. The van der Waals surface area contributed by atoms with Gasteiger partial charge in [-0.2, -0.15) is 14.8 Å². The highest BCUT2D eigenvalue weighted by atomic mass is 35.5. The van der Waals surface area contributed by atoms with Crippen LogP contribution in [0.15, 0.2) is 41.3 Å². The number of carbonyl (C=O) groups excluding carboxylic acids is 1. The van der Waals surface area contributed by atoms with E-state index >= 15 is 0 Å². The Kier molecular flexibility index (Phi) is 8.61. The van der Waals surface area contributed by atoms with Gasteiger partial charge < -0.3 is 24.8 Å². The first-order valence-electron chi connectivity index (χ1n) is 12.5. The molecule has 2 heterocycles. The van der Waals surface area contributed by atoms with Gasteiger partial charge in [0.25, 0.3) is 0 Å². The Hall–Kier alpha value is -2.94. The summed E-state index contributed by atoms with van der Waals surface area (Å²) in [6, 6.07) is 7.80. The highest BCUT2D eigenvalue weighted by Gasteiger charge is 2.57. The van der Waals surface area contributed by atoms with Crippen molar-refractivity contribution < 1.29 is 35.7 Å². The van der Waals surface area contributed by atoms with Crippen molar-refractivity contribution in [1.29, 1.82) is 0 Å². The molecule has 1 aromatic carbocycles. The number of anilines is 1. The molecule has 0 spiro atoms. The number of aliphatic hydroxyl groups is 1. The molecule has 14 heteroatoms. The van der Waals surface area contributed by atoms with E-state index in [0.29, 0.717) is 4.68 Å². The van der Waals surface area contributed by atoms with Crippen LogP contribution in [0.3, 0.4) is 0 Å². The Morgan fingerprint density at radius 2 is 2.08 bits per heavy atom. The average molecular weight is 571 g/mol. The Morgan fingerprint density at radius 3 is 2.68 bits per heavy atom. The Bertz CT molecular complexity index is 1390. The molecular formula is C24H30ClN4O8P. The number of nitrogen functional groups attached to an aromatic ring is 1. The van der Waals surface area contributed by atoms with Gasteiger partial charge in [0.2, 0.25) is 0 Å². The van der Waals surface area contributed by atoms with E-state index in [2.05, 4.69) is 21.9 Å². The Morgan fingerprint density at radius 1 is 1.39 bits per heavy atom.